The maximum Gasteiger partial charge on any atom is 0.333 e. The highest BCUT2D eigenvalue weighted by atomic mass is 16.3. The van der Waals surface area contributed by atoms with Gasteiger partial charge in [0.1, 0.15) is 5.56 Å². The highest BCUT2D eigenvalue weighted by molar-refractivity contribution is 6.01. The van der Waals surface area contributed by atoms with Crippen LogP contribution in [0, 0.1) is 0 Å². The van der Waals surface area contributed by atoms with Gasteiger partial charge in [-0.2, -0.15) is 0 Å². The zero-order valence-corrected chi connectivity index (χ0v) is 12.7. The molecule has 1 rings (SSSR count). The molecule has 0 aliphatic heterocycles. The molecule has 0 aliphatic carbocycles. The van der Waals surface area contributed by atoms with Gasteiger partial charge in [-0.05, 0) is 20.5 Å². The Morgan fingerprint density at radius 3 is 2.35 bits per heavy atom. The SMILES string of the molecule is CCC(=NCCN(C)C)c1c(O)n(C)c(=O)n(C)c1=O. The molecule has 7 heteroatoms. The van der Waals surface area contributed by atoms with Gasteiger partial charge in [-0.25, -0.2) is 4.79 Å². The summed E-state index contributed by atoms with van der Waals surface area (Å²) < 4.78 is 2.03. The van der Waals surface area contributed by atoms with Crippen molar-refractivity contribution in [3.63, 3.8) is 0 Å². The van der Waals surface area contributed by atoms with Gasteiger partial charge in [0.2, 0.25) is 5.88 Å². The predicted molar refractivity (Wildman–Crippen MR) is 78.8 cm³/mol. The van der Waals surface area contributed by atoms with Crippen LogP contribution in [0.25, 0.3) is 0 Å². The van der Waals surface area contributed by atoms with Gasteiger partial charge in [-0.1, -0.05) is 6.92 Å². The van der Waals surface area contributed by atoms with E-state index in [1.54, 1.807) is 0 Å². The number of hydrogen-bond acceptors (Lipinski definition) is 5. The Morgan fingerprint density at radius 2 is 1.85 bits per heavy atom. The van der Waals surface area contributed by atoms with Crippen LogP contribution < -0.4 is 11.2 Å². The van der Waals surface area contributed by atoms with Crippen molar-refractivity contribution >= 4 is 5.71 Å². The highest BCUT2D eigenvalue weighted by Crippen LogP contribution is 2.12. The van der Waals surface area contributed by atoms with E-state index in [1.165, 1.54) is 14.1 Å². The van der Waals surface area contributed by atoms with E-state index in [-0.39, 0.29) is 11.4 Å². The lowest BCUT2D eigenvalue weighted by molar-refractivity contribution is 0.409. The summed E-state index contributed by atoms with van der Waals surface area (Å²) in [6, 6.07) is 0. The lowest BCUT2D eigenvalue weighted by atomic mass is 10.1. The van der Waals surface area contributed by atoms with E-state index < -0.39 is 11.2 Å². The lowest BCUT2D eigenvalue weighted by Crippen LogP contribution is -2.40. The molecule has 7 nitrogen and oxygen atoms in total. The summed E-state index contributed by atoms with van der Waals surface area (Å²) in [6.45, 7) is 3.14. The topological polar surface area (TPSA) is 79.8 Å². The summed E-state index contributed by atoms with van der Waals surface area (Å²) in [6.07, 6.45) is 0.508. The Balaban J connectivity index is 3.37. The second-order valence-electron chi connectivity index (χ2n) is 4.89. The third-order valence-corrected chi connectivity index (χ3v) is 3.11. The molecule has 0 saturated carbocycles. The van der Waals surface area contributed by atoms with Crippen molar-refractivity contribution in [3.8, 4) is 5.88 Å². The van der Waals surface area contributed by atoms with Crippen LogP contribution in [0.2, 0.25) is 0 Å². The summed E-state index contributed by atoms with van der Waals surface area (Å²) in [7, 11) is 6.68. The number of nitrogens with zero attached hydrogens (tertiary/aromatic N) is 4. The van der Waals surface area contributed by atoms with Gasteiger partial charge in [0.25, 0.3) is 5.56 Å². The smallest absolute Gasteiger partial charge is 0.333 e. The Morgan fingerprint density at radius 1 is 1.25 bits per heavy atom. The van der Waals surface area contributed by atoms with Crippen LogP contribution in [0.15, 0.2) is 14.6 Å². The van der Waals surface area contributed by atoms with Crippen molar-refractivity contribution in [2.75, 3.05) is 27.2 Å². The third-order valence-electron chi connectivity index (χ3n) is 3.11. The zero-order valence-electron chi connectivity index (χ0n) is 12.7. The predicted octanol–water partition coefficient (Wildman–Crippen LogP) is -0.450. The van der Waals surface area contributed by atoms with Gasteiger partial charge < -0.3 is 10.0 Å². The molecule has 0 aliphatic rings. The van der Waals surface area contributed by atoms with Gasteiger partial charge in [-0.15, -0.1) is 0 Å². The molecule has 0 spiro atoms. The van der Waals surface area contributed by atoms with Crippen LogP contribution in [0.5, 0.6) is 5.88 Å². The maximum absolute atomic E-state index is 12.2. The molecule has 0 atom stereocenters. The average Bonchev–Trinajstić information content (AvgIpc) is 2.41. The molecular weight excluding hydrogens is 260 g/mol. The van der Waals surface area contributed by atoms with Crippen LogP contribution in [0.3, 0.4) is 0 Å². The first-order valence-electron chi connectivity index (χ1n) is 6.48. The normalized spacial score (nSPS) is 12.2. The van der Waals surface area contributed by atoms with Crippen molar-refractivity contribution in [1.82, 2.24) is 14.0 Å². The first-order chi connectivity index (χ1) is 9.31. The van der Waals surface area contributed by atoms with E-state index in [0.29, 0.717) is 18.7 Å². The summed E-state index contributed by atoms with van der Waals surface area (Å²) in [5, 5.41) is 10.1. The number of rotatable bonds is 5. The van der Waals surface area contributed by atoms with Crippen molar-refractivity contribution in [1.29, 1.82) is 0 Å². The summed E-state index contributed by atoms with van der Waals surface area (Å²) >= 11 is 0. The van der Waals surface area contributed by atoms with Crippen molar-refractivity contribution in [2.45, 2.75) is 13.3 Å². The minimum atomic E-state index is -0.556. The van der Waals surface area contributed by atoms with E-state index in [2.05, 4.69) is 4.99 Å². The molecule has 0 fully saturated rings. The lowest BCUT2D eigenvalue weighted by Gasteiger charge is -2.12. The Bertz CT molecular complexity index is 626. The van der Waals surface area contributed by atoms with E-state index in [4.69, 9.17) is 0 Å². The zero-order chi connectivity index (χ0) is 15.4. The van der Waals surface area contributed by atoms with Crippen LogP contribution in [0.1, 0.15) is 18.9 Å². The molecule has 0 amide bonds. The van der Waals surface area contributed by atoms with Crippen molar-refractivity contribution < 1.29 is 5.11 Å². The molecule has 1 aromatic rings. The van der Waals surface area contributed by atoms with Crippen LogP contribution >= 0.6 is 0 Å². The quantitative estimate of drug-likeness (QED) is 0.742. The molecule has 20 heavy (non-hydrogen) atoms. The molecule has 1 heterocycles. The highest BCUT2D eigenvalue weighted by Gasteiger charge is 2.18. The molecular formula is C13H22N4O3. The minimum absolute atomic E-state index is 0.107. The van der Waals surface area contributed by atoms with Crippen LogP contribution in [-0.4, -0.2) is 52.0 Å². The monoisotopic (exact) mass is 282 g/mol. The minimum Gasteiger partial charge on any atom is -0.494 e. The number of hydrogen-bond donors (Lipinski definition) is 1. The van der Waals surface area contributed by atoms with Gasteiger partial charge in [0.05, 0.1) is 12.3 Å². The van der Waals surface area contributed by atoms with Crippen molar-refractivity contribution in [2.24, 2.45) is 19.1 Å². The van der Waals surface area contributed by atoms with Gasteiger partial charge >= 0.3 is 5.69 Å². The largest absolute Gasteiger partial charge is 0.494 e. The molecule has 1 aromatic heterocycles. The number of aliphatic imine (C=N–C) groups is 1. The molecule has 1 N–H and O–H groups in total. The van der Waals surface area contributed by atoms with Gasteiger partial charge in [0.15, 0.2) is 0 Å². The summed E-state index contributed by atoms with van der Waals surface area (Å²) in [5.74, 6) is -0.330. The second-order valence-corrected chi connectivity index (χ2v) is 4.89. The number of likely N-dealkylation sites (N-methyl/N-ethyl adjacent to an activating group) is 1. The molecule has 0 aromatic carbocycles. The maximum atomic E-state index is 12.2. The molecule has 0 bridgehead atoms. The van der Waals surface area contributed by atoms with Crippen LogP contribution in [-0.2, 0) is 14.1 Å². The first-order valence-corrected chi connectivity index (χ1v) is 6.48. The fourth-order valence-corrected chi connectivity index (χ4v) is 1.84. The van der Waals surface area contributed by atoms with Crippen molar-refractivity contribution in [3.05, 3.63) is 26.4 Å². The second kappa shape index (κ2) is 6.51. The fraction of sp³-hybridized carbons (Fsp3) is 0.615. The van der Waals surface area contributed by atoms with E-state index in [1.807, 2.05) is 25.9 Å². The van der Waals surface area contributed by atoms with E-state index in [0.717, 1.165) is 15.7 Å². The summed E-state index contributed by atoms with van der Waals surface area (Å²) in [5.41, 5.74) is -0.451. The third kappa shape index (κ3) is 3.16. The van der Waals surface area contributed by atoms with Gasteiger partial charge in [-0.3, -0.25) is 18.9 Å². The van der Waals surface area contributed by atoms with Crippen LogP contribution in [0.4, 0.5) is 0 Å². The number of aromatic hydroxyl groups is 1. The molecule has 0 unspecified atom stereocenters. The van der Waals surface area contributed by atoms with Gasteiger partial charge in [0, 0.05) is 20.6 Å². The average molecular weight is 282 g/mol. The van der Waals surface area contributed by atoms with E-state index >= 15 is 0 Å². The Kier molecular flexibility index (Phi) is 5.26. The first kappa shape index (κ1) is 16.2. The number of aromatic nitrogens is 2. The molecule has 0 saturated heterocycles. The van der Waals surface area contributed by atoms with E-state index in [9.17, 15) is 14.7 Å². The standard InChI is InChI=1S/C13H22N4O3/c1-6-9(14-7-8-15(2)3)10-11(18)16(4)13(20)17(5)12(10)19/h18H,6-8H2,1-5H3. The Hall–Kier alpha value is -1.89. The fourth-order valence-electron chi connectivity index (χ4n) is 1.84. The molecule has 112 valence electrons. The Labute approximate surface area is 117 Å². The molecule has 0 radical (unpaired) electrons. The summed E-state index contributed by atoms with van der Waals surface area (Å²) in [4.78, 5) is 30.2.